The molecule has 10 N–H and O–H groups in total. The number of aromatic nitrogens is 1. The standard InChI is InChI=1S/C29H37N7O5S/c1-42-12-11-22(34-27(39)20(30)14-18-16-33-21-10-6-5-9-19(18)21)28(40)36-24(15-25(31)37)29(41)35-23(26(32)38)13-17-7-3-2-4-8-17/h2-10,16,20,22-24,33H,11-15,30H2,1H3,(H2,31,37)(H2,32,38)(H,34,39)(H,35,41)(H,36,40)/t20-,22-,23-,24-/m0/s1. The fourth-order valence-electron chi connectivity index (χ4n) is 4.44. The number of rotatable bonds is 16. The van der Waals surface area contributed by atoms with Gasteiger partial charge in [0.2, 0.25) is 29.5 Å². The Hall–Kier alpha value is -4.36. The van der Waals surface area contributed by atoms with Crippen LogP contribution in [-0.4, -0.2) is 70.7 Å². The van der Waals surface area contributed by atoms with E-state index in [0.717, 1.165) is 22.0 Å². The second-order valence-corrected chi connectivity index (χ2v) is 10.9. The van der Waals surface area contributed by atoms with Crippen LogP contribution in [0, 0.1) is 0 Å². The second kappa shape index (κ2) is 15.6. The molecule has 3 aromatic rings. The third-order valence-corrected chi connectivity index (χ3v) is 7.32. The summed E-state index contributed by atoms with van der Waals surface area (Å²) >= 11 is 1.46. The van der Waals surface area contributed by atoms with E-state index in [2.05, 4.69) is 20.9 Å². The highest BCUT2D eigenvalue weighted by Gasteiger charge is 2.31. The lowest BCUT2D eigenvalue weighted by Gasteiger charge is -2.25. The Morgan fingerprint density at radius 1 is 0.810 bits per heavy atom. The number of aromatic amines is 1. The molecule has 1 heterocycles. The predicted molar refractivity (Wildman–Crippen MR) is 162 cm³/mol. The highest BCUT2D eigenvalue weighted by Crippen LogP contribution is 2.19. The molecule has 12 nitrogen and oxygen atoms in total. The average molecular weight is 596 g/mol. The maximum atomic E-state index is 13.3. The molecule has 4 atom stereocenters. The Morgan fingerprint density at radius 3 is 2.10 bits per heavy atom. The molecule has 5 amide bonds. The number of hydrogen-bond acceptors (Lipinski definition) is 7. The Kier molecular flexibility index (Phi) is 11.9. The van der Waals surface area contributed by atoms with E-state index in [4.69, 9.17) is 17.2 Å². The minimum absolute atomic E-state index is 0.111. The van der Waals surface area contributed by atoms with Crippen LogP contribution in [0.2, 0.25) is 0 Å². The monoisotopic (exact) mass is 595 g/mol. The van der Waals surface area contributed by atoms with Crippen LogP contribution in [0.25, 0.3) is 10.9 Å². The number of para-hydroxylation sites is 1. The number of H-pyrrole nitrogens is 1. The van der Waals surface area contributed by atoms with Crippen molar-refractivity contribution in [3.8, 4) is 0 Å². The molecule has 0 saturated carbocycles. The van der Waals surface area contributed by atoms with Crippen molar-refractivity contribution in [3.05, 3.63) is 71.9 Å². The van der Waals surface area contributed by atoms with Gasteiger partial charge in [-0.25, -0.2) is 0 Å². The summed E-state index contributed by atoms with van der Waals surface area (Å²) in [7, 11) is 0. The number of primary amides is 2. The number of carbonyl (C=O) groups is 5. The van der Waals surface area contributed by atoms with Gasteiger partial charge in [-0.3, -0.25) is 24.0 Å². The highest BCUT2D eigenvalue weighted by atomic mass is 32.2. The lowest BCUT2D eigenvalue weighted by molar-refractivity contribution is -0.134. The van der Waals surface area contributed by atoms with Crippen molar-refractivity contribution >= 4 is 52.2 Å². The first-order chi connectivity index (χ1) is 20.1. The molecule has 0 fully saturated rings. The number of nitrogens with one attached hydrogen (secondary N) is 4. The van der Waals surface area contributed by atoms with Gasteiger partial charge in [-0.15, -0.1) is 0 Å². The molecule has 0 unspecified atom stereocenters. The van der Waals surface area contributed by atoms with Crippen LogP contribution in [0.15, 0.2) is 60.8 Å². The van der Waals surface area contributed by atoms with Crippen LogP contribution in [0.5, 0.6) is 0 Å². The molecule has 42 heavy (non-hydrogen) atoms. The Morgan fingerprint density at radius 2 is 1.43 bits per heavy atom. The van der Waals surface area contributed by atoms with E-state index in [0.29, 0.717) is 5.75 Å². The van der Waals surface area contributed by atoms with Crippen LogP contribution in [0.1, 0.15) is 24.0 Å². The highest BCUT2D eigenvalue weighted by molar-refractivity contribution is 7.98. The van der Waals surface area contributed by atoms with E-state index in [9.17, 15) is 24.0 Å². The Balaban J connectivity index is 1.69. The third-order valence-electron chi connectivity index (χ3n) is 6.68. The number of fused-ring (bicyclic) bond motifs is 1. The van der Waals surface area contributed by atoms with Crippen molar-refractivity contribution in [1.29, 1.82) is 0 Å². The molecule has 0 spiro atoms. The van der Waals surface area contributed by atoms with Crippen molar-refractivity contribution in [1.82, 2.24) is 20.9 Å². The number of amides is 5. The number of benzene rings is 2. The summed E-state index contributed by atoms with van der Waals surface area (Å²) in [5.41, 5.74) is 19.6. The van der Waals surface area contributed by atoms with Gasteiger partial charge in [-0.2, -0.15) is 11.8 Å². The van der Waals surface area contributed by atoms with Gasteiger partial charge in [0.25, 0.3) is 0 Å². The quantitative estimate of drug-likeness (QED) is 0.119. The molecule has 3 rings (SSSR count). The Labute approximate surface area is 247 Å². The first-order valence-electron chi connectivity index (χ1n) is 13.4. The second-order valence-electron chi connectivity index (χ2n) is 9.90. The smallest absolute Gasteiger partial charge is 0.243 e. The zero-order chi connectivity index (χ0) is 30.6. The summed E-state index contributed by atoms with van der Waals surface area (Å²) in [6, 6.07) is 12.0. The summed E-state index contributed by atoms with van der Waals surface area (Å²) in [6.45, 7) is 0. The van der Waals surface area contributed by atoms with Crippen LogP contribution in [0.4, 0.5) is 0 Å². The molecule has 0 radical (unpaired) electrons. The zero-order valence-electron chi connectivity index (χ0n) is 23.3. The van der Waals surface area contributed by atoms with Crippen LogP contribution >= 0.6 is 11.8 Å². The number of thioether (sulfide) groups is 1. The first kappa shape index (κ1) is 32.2. The van der Waals surface area contributed by atoms with Crippen LogP contribution < -0.4 is 33.2 Å². The largest absolute Gasteiger partial charge is 0.370 e. The van der Waals surface area contributed by atoms with Gasteiger partial charge in [-0.1, -0.05) is 48.5 Å². The molecule has 0 aliphatic heterocycles. The summed E-state index contributed by atoms with van der Waals surface area (Å²) in [4.78, 5) is 66.4. The molecule has 1 aromatic heterocycles. The molecular formula is C29H37N7O5S. The van der Waals surface area contributed by atoms with E-state index < -0.39 is 60.1 Å². The molecule has 0 saturated heterocycles. The van der Waals surface area contributed by atoms with Crippen molar-refractivity contribution < 1.29 is 24.0 Å². The number of carbonyl (C=O) groups excluding carboxylic acids is 5. The SMILES string of the molecule is CSCC[C@H](NC(=O)[C@@H](N)Cc1c[nH]c2ccccc12)C(=O)N[C@@H](CC(N)=O)C(=O)N[C@@H](Cc1ccccc1)C(N)=O. The topological polar surface area (TPSA) is 215 Å². The van der Waals surface area contributed by atoms with E-state index in [1.54, 1.807) is 36.5 Å². The summed E-state index contributed by atoms with van der Waals surface area (Å²) < 4.78 is 0. The summed E-state index contributed by atoms with van der Waals surface area (Å²) in [6.07, 6.45) is 3.69. The normalized spacial score (nSPS) is 13.9. The zero-order valence-corrected chi connectivity index (χ0v) is 24.1. The predicted octanol–water partition coefficient (Wildman–Crippen LogP) is -0.151. The Bertz CT molecular complexity index is 1400. The van der Waals surface area contributed by atoms with Gasteiger partial charge in [-0.05, 0) is 42.0 Å². The van der Waals surface area contributed by atoms with Gasteiger partial charge < -0.3 is 38.1 Å². The van der Waals surface area contributed by atoms with Crippen molar-refractivity contribution in [2.45, 2.75) is 49.9 Å². The molecule has 2 aromatic carbocycles. The third kappa shape index (κ3) is 9.35. The molecule has 13 heteroatoms. The molecule has 224 valence electrons. The van der Waals surface area contributed by atoms with E-state index in [1.165, 1.54) is 11.8 Å². The molecule has 0 bridgehead atoms. The maximum absolute atomic E-state index is 13.3. The molecule has 0 aliphatic carbocycles. The van der Waals surface area contributed by atoms with Gasteiger partial charge in [0.05, 0.1) is 12.5 Å². The summed E-state index contributed by atoms with van der Waals surface area (Å²) in [5, 5.41) is 8.63. The van der Waals surface area contributed by atoms with E-state index in [-0.39, 0.29) is 19.3 Å². The van der Waals surface area contributed by atoms with Crippen LogP contribution in [-0.2, 0) is 36.8 Å². The van der Waals surface area contributed by atoms with Gasteiger partial charge in [0, 0.05) is 23.5 Å². The van der Waals surface area contributed by atoms with Crippen molar-refractivity contribution in [2.24, 2.45) is 17.2 Å². The van der Waals surface area contributed by atoms with Gasteiger partial charge in [0.15, 0.2) is 0 Å². The molecule has 0 aliphatic rings. The van der Waals surface area contributed by atoms with Gasteiger partial charge in [0.1, 0.15) is 18.1 Å². The van der Waals surface area contributed by atoms with E-state index in [1.807, 2.05) is 30.5 Å². The van der Waals surface area contributed by atoms with Crippen molar-refractivity contribution in [3.63, 3.8) is 0 Å². The minimum atomic E-state index is -1.40. The fourth-order valence-corrected chi connectivity index (χ4v) is 4.91. The maximum Gasteiger partial charge on any atom is 0.243 e. The number of hydrogen-bond donors (Lipinski definition) is 7. The van der Waals surface area contributed by atoms with E-state index >= 15 is 0 Å². The number of nitrogens with two attached hydrogens (primary N) is 3. The minimum Gasteiger partial charge on any atom is -0.370 e. The van der Waals surface area contributed by atoms with Crippen molar-refractivity contribution in [2.75, 3.05) is 12.0 Å². The van der Waals surface area contributed by atoms with Crippen LogP contribution in [0.3, 0.4) is 0 Å². The lowest BCUT2D eigenvalue weighted by Crippen LogP contribution is -2.58. The first-order valence-corrected chi connectivity index (χ1v) is 14.8. The summed E-state index contributed by atoms with van der Waals surface area (Å²) in [5.74, 6) is -3.17. The fraction of sp³-hybridized carbons (Fsp3) is 0.345. The average Bonchev–Trinajstić information content (AvgIpc) is 3.37. The lowest BCUT2D eigenvalue weighted by atomic mass is 10.0. The molecular weight excluding hydrogens is 558 g/mol. The van der Waals surface area contributed by atoms with Gasteiger partial charge >= 0.3 is 0 Å².